The van der Waals surface area contributed by atoms with Crippen molar-refractivity contribution in [1.29, 1.82) is 0 Å². The number of nitrogens with two attached hydrogens (primary N) is 1. The highest BCUT2D eigenvalue weighted by Crippen LogP contribution is 2.15. The summed E-state index contributed by atoms with van der Waals surface area (Å²) in [5.74, 6) is -0.137. The molecule has 6 heteroatoms. The standard InChI is InChI=1S/C14H21N3O3/c1-8(2)5-11(14(19)20-4)17-12-7-10(13(15)18)6-9(3)16-12/h6-8,11H,5H2,1-4H3,(H2,15,18)(H,16,17). The van der Waals surface area contributed by atoms with Crippen molar-refractivity contribution in [3.05, 3.63) is 23.4 Å². The number of carbonyl (C=O) groups excluding carboxylic acids is 2. The van der Waals surface area contributed by atoms with Crippen LogP contribution in [0.1, 0.15) is 36.3 Å². The van der Waals surface area contributed by atoms with E-state index in [9.17, 15) is 9.59 Å². The molecule has 0 aliphatic carbocycles. The zero-order chi connectivity index (χ0) is 15.3. The van der Waals surface area contributed by atoms with Crippen LogP contribution in [0, 0.1) is 12.8 Å². The van der Waals surface area contributed by atoms with Crippen molar-refractivity contribution in [2.24, 2.45) is 11.7 Å². The normalized spacial score (nSPS) is 12.1. The maximum atomic E-state index is 11.8. The number of anilines is 1. The van der Waals surface area contributed by atoms with Crippen LogP contribution in [0.2, 0.25) is 0 Å². The zero-order valence-corrected chi connectivity index (χ0v) is 12.3. The van der Waals surface area contributed by atoms with Crippen molar-refractivity contribution in [2.75, 3.05) is 12.4 Å². The van der Waals surface area contributed by atoms with Crippen LogP contribution in [0.15, 0.2) is 12.1 Å². The number of rotatable bonds is 6. The van der Waals surface area contributed by atoms with E-state index < -0.39 is 11.9 Å². The third-order valence-corrected chi connectivity index (χ3v) is 2.75. The maximum absolute atomic E-state index is 11.8. The molecular formula is C14H21N3O3. The van der Waals surface area contributed by atoms with Gasteiger partial charge in [0.05, 0.1) is 7.11 Å². The lowest BCUT2D eigenvalue weighted by atomic mass is 10.0. The molecule has 1 rings (SSSR count). The van der Waals surface area contributed by atoms with E-state index in [1.807, 2.05) is 13.8 Å². The van der Waals surface area contributed by atoms with Crippen molar-refractivity contribution in [3.8, 4) is 0 Å². The predicted octanol–water partition coefficient (Wildman–Crippen LogP) is 1.49. The van der Waals surface area contributed by atoms with Gasteiger partial charge in [0.15, 0.2) is 0 Å². The number of aromatic nitrogens is 1. The fraction of sp³-hybridized carbons (Fsp3) is 0.500. The number of primary amides is 1. The molecule has 1 aromatic heterocycles. The average molecular weight is 279 g/mol. The van der Waals surface area contributed by atoms with Gasteiger partial charge < -0.3 is 15.8 Å². The van der Waals surface area contributed by atoms with Gasteiger partial charge in [0.1, 0.15) is 11.9 Å². The van der Waals surface area contributed by atoms with Crippen LogP contribution in [0.5, 0.6) is 0 Å². The molecular weight excluding hydrogens is 258 g/mol. The van der Waals surface area contributed by atoms with Crippen molar-refractivity contribution >= 4 is 17.7 Å². The van der Waals surface area contributed by atoms with Gasteiger partial charge >= 0.3 is 5.97 Å². The van der Waals surface area contributed by atoms with Crippen LogP contribution in [0.3, 0.4) is 0 Å². The van der Waals surface area contributed by atoms with Crippen molar-refractivity contribution in [1.82, 2.24) is 4.98 Å². The highest BCUT2D eigenvalue weighted by Gasteiger charge is 2.21. The van der Waals surface area contributed by atoms with Crippen LogP contribution < -0.4 is 11.1 Å². The molecule has 0 aromatic carbocycles. The van der Waals surface area contributed by atoms with Gasteiger partial charge in [-0.2, -0.15) is 0 Å². The largest absolute Gasteiger partial charge is 0.467 e. The third kappa shape index (κ3) is 4.53. The van der Waals surface area contributed by atoms with Gasteiger partial charge in [0.2, 0.25) is 5.91 Å². The van der Waals surface area contributed by atoms with Gasteiger partial charge in [-0.15, -0.1) is 0 Å². The molecule has 1 heterocycles. The van der Waals surface area contributed by atoms with E-state index >= 15 is 0 Å². The molecule has 0 bridgehead atoms. The van der Waals surface area contributed by atoms with Crippen LogP contribution in [0.4, 0.5) is 5.82 Å². The zero-order valence-electron chi connectivity index (χ0n) is 12.3. The summed E-state index contributed by atoms with van der Waals surface area (Å²) in [7, 11) is 1.34. The molecule has 0 saturated heterocycles. The number of methoxy groups -OCH3 is 1. The molecule has 3 N–H and O–H groups in total. The smallest absolute Gasteiger partial charge is 0.328 e. The van der Waals surface area contributed by atoms with Crippen molar-refractivity contribution in [2.45, 2.75) is 33.2 Å². The van der Waals surface area contributed by atoms with E-state index in [4.69, 9.17) is 10.5 Å². The predicted molar refractivity (Wildman–Crippen MR) is 76.4 cm³/mol. The van der Waals surface area contributed by atoms with Gasteiger partial charge in [-0.05, 0) is 31.4 Å². The first-order chi connectivity index (χ1) is 9.33. The Morgan fingerprint density at radius 1 is 1.40 bits per heavy atom. The van der Waals surface area contributed by atoms with E-state index in [2.05, 4.69) is 10.3 Å². The fourth-order valence-electron chi connectivity index (χ4n) is 1.89. The van der Waals surface area contributed by atoms with E-state index in [0.717, 1.165) is 0 Å². The monoisotopic (exact) mass is 279 g/mol. The third-order valence-electron chi connectivity index (χ3n) is 2.75. The summed E-state index contributed by atoms with van der Waals surface area (Å²) in [6, 6.07) is 2.63. The van der Waals surface area contributed by atoms with Crippen LogP contribution in [0.25, 0.3) is 0 Å². The highest BCUT2D eigenvalue weighted by molar-refractivity contribution is 5.93. The second kappa shape index (κ2) is 6.88. The number of aryl methyl sites for hydroxylation is 1. The average Bonchev–Trinajstić information content (AvgIpc) is 2.35. The number of pyridine rings is 1. The van der Waals surface area contributed by atoms with E-state index in [1.165, 1.54) is 13.2 Å². The van der Waals surface area contributed by atoms with Crippen LogP contribution in [-0.4, -0.2) is 30.0 Å². The minimum Gasteiger partial charge on any atom is -0.467 e. The summed E-state index contributed by atoms with van der Waals surface area (Å²) in [6.45, 7) is 5.78. The number of hydrogen-bond acceptors (Lipinski definition) is 5. The second-order valence-corrected chi connectivity index (χ2v) is 5.10. The summed E-state index contributed by atoms with van der Waals surface area (Å²) in [5, 5.41) is 3.00. The van der Waals surface area contributed by atoms with Gasteiger partial charge in [-0.3, -0.25) is 4.79 Å². The first kappa shape index (κ1) is 15.9. The van der Waals surface area contributed by atoms with Crippen molar-refractivity contribution < 1.29 is 14.3 Å². The minimum absolute atomic E-state index is 0.312. The Hall–Kier alpha value is -2.11. The lowest BCUT2D eigenvalue weighted by Gasteiger charge is -2.19. The number of nitrogens with zero attached hydrogens (tertiary/aromatic N) is 1. The molecule has 0 spiro atoms. The summed E-state index contributed by atoms with van der Waals surface area (Å²) in [6.07, 6.45) is 0.605. The lowest BCUT2D eigenvalue weighted by Crippen LogP contribution is -2.32. The van der Waals surface area contributed by atoms with Gasteiger partial charge in [0.25, 0.3) is 0 Å². The SMILES string of the molecule is COC(=O)C(CC(C)C)Nc1cc(C(N)=O)cc(C)n1. The summed E-state index contributed by atoms with van der Waals surface area (Å²) >= 11 is 0. The first-order valence-electron chi connectivity index (χ1n) is 6.46. The number of ether oxygens (including phenoxy) is 1. The highest BCUT2D eigenvalue weighted by atomic mass is 16.5. The number of amides is 1. The summed E-state index contributed by atoms with van der Waals surface area (Å²) < 4.78 is 4.77. The Kier molecular flexibility index (Phi) is 5.49. The molecule has 1 aromatic rings. The fourth-order valence-corrected chi connectivity index (χ4v) is 1.89. The topological polar surface area (TPSA) is 94.3 Å². The quantitative estimate of drug-likeness (QED) is 0.769. The van der Waals surface area contributed by atoms with E-state index in [0.29, 0.717) is 29.4 Å². The molecule has 1 amide bonds. The summed E-state index contributed by atoms with van der Waals surface area (Å²) in [5.41, 5.74) is 6.27. The second-order valence-electron chi connectivity index (χ2n) is 5.10. The minimum atomic E-state index is -0.531. The molecule has 0 aliphatic rings. The number of esters is 1. The number of carbonyl (C=O) groups is 2. The van der Waals surface area contributed by atoms with Gasteiger partial charge in [-0.1, -0.05) is 13.8 Å². The molecule has 0 aliphatic heterocycles. The lowest BCUT2D eigenvalue weighted by molar-refractivity contribution is -0.141. The Morgan fingerprint density at radius 3 is 2.55 bits per heavy atom. The molecule has 0 fully saturated rings. The Bertz CT molecular complexity index is 500. The van der Waals surface area contributed by atoms with Crippen LogP contribution >= 0.6 is 0 Å². The molecule has 6 nitrogen and oxygen atoms in total. The molecule has 0 saturated carbocycles. The van der Waals surface area contributed by atoms with Gasteiger partial charge in [-0.25, -0.2) is 9.78 Å². The Labute approximate surface area is 118 Å². The Balaban J connectivity index is 2.98. The number of nitrogens with one attached hydrogen (secondary N) is 1. The van der Waals surface area contributed by atoms with Crippen LogP contribution in [-0.2, 0) is 9.53 Å². The van der Waals surface area contributed by atoms with Gasteiger partial charge in [0, 0.05) is 11.3 Å². The molecule has 0 radical (unpaired) electrons. The maximum Gasteiger partial charge on any atom is 0.328 e. The molecule has 1 unspecified atom stereocenters. The Morgan fingerprint density at radius 2 is 2.05 bits per heavy atom. The summed E-state index contributed by atoms with van der Waals surface area (Å²) in [4.78, 5) is 27.2. The molecule has 110 valence electrons. The van der Waals surface area contributed by atoms with Crippen molar-refractivity contribution in [3.63, 3.8) is 0 Å². The first-order valence-corrected chi connectivity index (χ1v) is 6.46. The number of hydrogen-bond donors (Lipinski definition) is 2. The van der Waals surface area contributed by atoms with E-state index in [-0.39, 0.29) is 5.97 Å². The molecule has 20 heavy (non-hydrogen) atoms. The van der Waals surface area contributed by atoms with E-state index in [1.54, 1.807) is 13.0 Å². The molecule has 1 atom stereocenters.